The predicted octanol–water partition coefficient (Wildman–Crippen LogP) is 11.5. The SMILES string of the molecule is CC(C)(C)CC(C)(C)c1cc(C(C)(C)C)c(OP2Oc3ccccc3-c3ccccc32)c(C(C)(C)CC(C)(C)C)c1. The van der Waals surface area contributed by atoms with Crippen molar-refractivity contribution in [1.29, 1.82) is 0 Å². The van der Waals surface area contributed by atoms with Gasteiger partial charge in [-0.15, -0.1) is 0 Å². The van der Waals surface area contributed by atoms with Gasteiger partial charge in [-0.05, 0) is 63.2 Å². The molecule has 1 aliphatic rings. The van der Waals surface area contributed by atoms with Crippen molar-refractivity contribution in [2.45, 2.75) is 119 Å². The topological polar surface area (TPSA) is 18.5 Å². The number of fused-ring (bicyclic) bond motifs is 3. The highest BCUT2D eigenvalue weighted by Gasteiger charge is 2.39. The highest BCUT2D eigenvalue weighted by Crippen LogP contribution is 2.54. The minimum absolute atomic E-state index is 0.0154. The van der Waals surface area contributed by atoms with Crippen LogP contribution < -0.4 is 14.4 Å². The monoisotopic (exact) mass is 572 g/mol. The highest BCUT2D eigenvalue weighted by molar-refractivity contribution is 7.57. The zero-order valence-electron chi connectivity index (χ0n) is 28.0. The van der Waals surface area contributed by atoms with E-state index in [4.69, 9.17) is 9.05 Å². The molecule has 41 heavy (non-hydrogen) atoms. The second kappa shape index (κ2) is 10.8. The van der Waals surface area contributed by atoms with Gasteiger partial charge < -0.3 is 9.05 Å². The maximum absolute atomic E-state index is 7.24. The smallest absolute Gasteiger partial charge is 0.326 e. The van der Waals surface area contributed by atoms with Crippen molar-refractivity contribution in [2.75, 3.05) is 0 Å². The van der Waals surface area contributed by atoms with Crippen LogP contribution in [0.2, 0.25) is 0 Å². The minimum atomic E-state index is -1.37. The van der Waals surface area contributed by atoms with E-state index in [1.807, 2.05) is 6.07 Å². The molecule has 0 N–H and O–H groups in total. The van der Waals surface area contributed by atoms with Gasteiger partial charge in [0.1, 0.15) is 11.5 Å². The summed E-state index contributed by atoms with van der Waals surface area (Å²) in [7, 11) is -1.37. The van der Waals surface area contributed by atoms with Gasteiger partial charge >= 0.3 is 8.38 Å². The number of benzene rings is 3. The van der Waals surface area contributed by atoms with Crippen LogP contribution in [-0.4, -0.2) is 0 Å². The summed E-state index contributed by atoms with van der Waals surface area (Å²) in [6.07, 6.45) is 2.14. The first kappa shape index (κ1) is 31.6. The Labute approximate surface area is 252 Å². The van der Waals surface area contributed by atoms with E-state index in [0.717, 1.165) is 35.2 Å². The lowest BCUT2D eigenvalue weighted by atomic mass is 9.67. The molecular weight excluding hydrogens is 519 g/mol. The number of para-hydroxylation sites is 1. The molecule has 0 aliphatic carbocycles. The fourth-order valence-corrected chi connectivity index (χ4v) is 8.48. The van der Waals surface area contributed by atoms with E-state index in [1.165, 1.54) is 22.3 Å². The Hall–Kier alpha value is -2.31. The molecular formula is C38H53O2P. The molecule has 2 nitrogen and oxygen atoms in total. The zero-order chi connectivity index (χ0) is 30.6. The average Bonchev–Trinajstić information content (AvgIpc) is 2.80. The van der Waals surface area contributed by atoms with Crippen LogP contribution in [0.25, 0.3) is 11.1 Å². The number of hydrogen-bond acceptors (Lipinski definition) is 2. The van der Waals surface area contributed by atoms with Gasteiger partial charge in [0.15, 0.2) is 0 Å². The molecule has 0 amide bonds. The third-order valence-electron chi connectivity index (χ3n) is 7.99. The summed E-state index contributed by atoms with van der Waals surface area (Å²) >= 11 is 0. The normalized spacial score (nSPS) is 16.1. The molecule has 0 bridgehead atoms. The molecule has 3 aromatic rings. The quantitative estimate of drug-likeness (QED) is 0.274. The maximum Gasteiger partial charge on any atom is 0.326 e. The van der Waals surface area contributed by atoms with E-state index in [9.17, 15) is 0 Å². The third kappa shape index (κ3) is 7.19. The largest absolute Gasteiger partial charge is 0.435 e. The van der Waals surface area contributed by atoms with Crippen LogP contribution in [0.15, 0.2) is 60.7 Å². The van der Waals surface area contributed by atoms with E-state index < -0.39 is 8.38 Å². The summed E-state index contributed by atoms with van der Waals surface area (Å²) in [4.78, 5) is 0. The van der Waals surface area contributed by atoms with Crippen LogP contribution in [0.5, 0.6) is 11.5 Å². The summed E-state index contributed by atoms with van der Waals surface area (Å²) in [6, 6.07) is 21.8. The summed E-state index contributed by atoms with van der Waals surface area (Å²) in [5.74, 6) is 1.90. The van der Waals surface area contributed by atoms with Gasteiger partial charge in [0.25, 0.3) is 0 Å². The van der Waals surface area contributed by atoms with Crippen LogP contribution in [0.4, 0.5) is 0 Å². The fraction of sp³-hybridized carbons (Fsp3) is 0.526. The Balaban J connectivity index is 1.96. The Kier molecular flexibility index (Phi) is 8.29. The van der Waals surface area contributed by atoms with Crippen LogP contribution in [0.3, 0.4) is 0 Å². The first-order valence-corrected chi connectivity index (χ1v) is 16.4. The van der Waals surface area contributed by atoms with Crippen molar-refractivity contribution < 1.29 is 9.05 Å². The molecule has 4 rings (SSSR count). The third-order valence-corrected chi connectivity index (χ3v) is 9.48. The summed E-state index contributed by atoms with van der Waals surface area (Å²) in [6.45, 7) is 30.6. The lowest BCUT2D eigenvalue weighted by Gasteiger charge is -2.40. The van der Waals surface area contributed by atoms with Gasteiger partial charge in [-0.25, -0.2) is 0 Å². The Bertz CT molecular complexity index is 1390. The molecule has 0 radical (unpaired) electrons. The van der Waals surface area contributed by atoms with Gasteiger partial charge in [-0.2, -0.15) is 0 Å². The molecule has 222 valence electrons. The van der Waals surface area contributed by atoms with Crippen LogP contribution >= 0.6 is 8.38 Å². The maximum atomic E-state index is 7.24. The van der Waals surface area contributed by atoms with E-state index in [-0.39, 0.29) is 27.1 Å². The molecule has 0 fully saturated rings. The highest BCUT2D eigenvalue weighted by atomic mass is 31.2. The van der Waals surface area contributed by atoms with Crippen molar-refractivity contribution in [3.8, 4) is 22.6 Å². The minimum Gasteiger partial charge on any atom is -0.435 e. The second-order valence-corrected chi connectivity index (χ2v) is 18.2. The molecule has 1 aliphatic heterocycles. The second-order valence-electron chi connectivity index (χ2n) is 16.8. The molecule has 0 aromatic heterocycles. The predicted molar refractivity (Wildman–Crippen MR) is 179 cm³/mol. The zero-order valence-corrected chi connectivity index (χ0v) is 28.8. The molecule has 0 spiro atoms. The van der Waals surface area contributed by atoms with E-state index in [2.05, 4.69) is 145 Å². The summed E-state index contributed by atoms with van der Waals surface area (Å²) in [5, 5.41) is 1.14. The van der Waals surface area contributed by atoms with E-state index in [1.54, 1.807) is 0 Å². The standard InChI is InChI=1S/C38H53O2P/c1-34(2,3)24-37(10,11)26-22-29(36(7,8)9)33(30(23-26)38(12,13)25-35(4,5)6)40-41-32-21-17-15-19-28(32)27-18-14-16-20-31(27)39-41/h14-23H,24-25H2,1-13H3. The first-order chi connectivity index (χ1) is 18.7. The summed E-state index contributed by atoms with van der Waals surface area (Å²) < 4.78 is 13.9. The molecule has 1 atom stereocenters. The van der Waals surface area contributed by atoms with Gasteiger partial charge in [-0.1, -0.05) is 139 Å². The lowest BCUT2D eigenvalue weighted by molar-refractivity contribution is 0.275. The summed E-state index contributed by atoms with van der Waals surface area (Å²) in [5.41, 5.74) is 6.46. The van der Waals surface area contributed by atoms with Crippen molar-refractivity contribution >= 4 is 13.7 Å². The first-order valence-electron chi connectivity index (χ1n) is 15.2. The average molecular weight is 573 g/mol. The Morgan fingerprint density at radius 2 is 1.12 bits per heavy atom. The van der Waals surface area contributed by atoms with Gasteiger partial charge in [-0.3, -0.25) is 0 Å². The molecule has 3 aromatic carbocycles. The van der Waals surface area contributed by atoms with Crippen molar-refractivity contribution in [2.24, 2.45) is 10.8 Å². The number of rotatable bonds is 6. The molecule has 0 saturated carbocycles. The van der Waals surface area contributed by atoms with Crippen molar-refractivity contribution in [1.82, 2.24) is 0 Å². The van der Waals surface area contributed by atoms with Gasteiger partial charge in [0, 0.05) is 16.7 Å². The Morgan fingerprint density at radius 1 is 0.610 bits per heavy atom. The Morgan fingerprint density at radius 3 is 1.71 bits per heavy atom. The van der Waals surface area contributed by atoms with Crippen LogP contribution in [-0.2, 0) is 16.2 Å². The van der Waals surface area contributed by atoms with E-state index >= 15 is 0 Å². The van der Waals surface area contributed by atoms with Crippen molar-refractivity contribution in [3.05, 3.63) is 77.4 Å². The molecule has 1 heterocycles. The van der Waals surface area contributed by atoms with Crippen molar-refractivity contribution in [3.63, 3.8) is 0 Å². The van der Waals surface area contributed by atoms with E-state index in [0.29, 0.717) is 0 Å². The number of hydrogen-bond donors (Lipinski definition) is 0. The van der Waals surface area contributed by atoms with Gasteiger partial charge in [0.2, 0.25) is 0 Å². The molecule has 0 saturated heterocycles. The van der Waals surface area contributed by atoms with Crippen LogP contribution in [0, 0.1) is 10.8 Å². The van der Waals surface area contributed by atoms with Gasteiger partial charge in [0.05, 0.1) is 5.30 Å². The lowest BCUT2D eigenvalue weighted by Crippen LogP contribution is -2.30. The van der Waals surface area contributed by atoms with Crippen LogP contribution in [0.1, 0.15) is 120 Å². The molecule has 1 unspecified atom stereocenters. The molecule has 3 heteroatoms. The fourth-order valence-electron chi connectivity index (χ4n) is 6.95.